The average molecular weight is 404 g/mol. The minimum atomic E-state index is -0.513. The second-order valence-electron chi connectivity index (χ2n) is 5.52. The molecule has 3 rings (SSSR count). The number of carbonyl (C=O) groups is 1. The number of amides is 1. The van der Waals surface area contributed by atoms with Gasteiger partial charge >= 0.3 is 0 Å². The maximum Gasteiger partial charge on any atom is 0.271 e. The minimum Gasteiger partial charge on any atom is -0.325 e. The Bertz CT molecular complexity index is 994. The van der Waals surface area contributed by atoms with Gasteiger partial charge in [-0.05, 0) is 31.2 Å². The van der Waals surface area contributed by atoms with Gasteiger partial charge in [-0.3, -0.25) is 19.5 Å². The van der Waals surface area contributed by atoms with Crippen molar-refractivity contribution in [3.05, 3.63) is 70.0 Å². The number of nitro groups is 1. The van der Waals surface area contributed by atoms with Gasteiger partial charge in [-0.2, -0.15) is 0 Å². The molecule has 1 atom stereocenters. The molecule has 2 aromatic carbocycles. The number of nitrogens with one attached hydrogen (secondary N) is 1. The smallest absolute Gasteiger partial charge is 0.271 e. The summed E-state index contributed by atoms with van der Waals surface area (Å²) in [6.45, 7) is 1.72. The molecule has 138 valence electrons. The van der Waals surface area contributed by atoms with Crippen LogP contribution in [0.2, 0.25) is 5.02 Å². The van der Waals surface area contributed by atoms with Crippen LogP contribution in [0.25, 0.3) is 5.69 Å². The number of hydrogen-bond donors (Lipinski definition) is 1. The predicted octanol–water partition coefficient (Wildman–Crippen LogP) is 3.95. The molecule has 1 heterocycles. The van der Waals surface area contributed by atoms with Crippen LogP contribution in [0.5, 0.6) is 0 Å². The van der Waals surface area contributed by atoms with E-state index in [1.165, 1.54) is 30.0 Å². The number of carbonyl (C=O) groups excluding carboxylic acids is 1. The third-order valence-electron chi connectivity index (χ3n) is 3.58. The van der Waals surface area contributed by atoms with E-state index in [4.69, 9.17) is 11.6 Å². The van der Waals surface area contributed by atoms with Crippen LogP contribution in [0.1, 0.15) is 6.92 Å². The Morgan fingerprint density at radius 2 is 2.07 bits per heavy atom. The molecule has 0 saturated carbocycles. The van der Waals surface area contributed by atoms with Crippen molar-refractivity contribution in [2.24, 2.45) is 0 Å². The van der Waals surface area contributed by atoms with Crippen LogP contribution >= 0.6 is 23.4 Å². The summed E-state index contributed by atoms with van der Waals surface area (Å²) >= 11 is 7.24. The van der Waals surface area contributed by atoms with Crippen molar-refractivity contribution in [2.45, 2.75) is 17.3 Å². The molecule has 3 aromatic rings. The molecular formula is C17H14ClN5O3S. The lowest BCUT2D eigenvalue weighted by Crippen LogP contribution is -2.22. The molecule has 0 bridgehead atoms. The monoisotopic (exact) mass is 403 g/mol. The molecule has 1 unspecified atom stereocenters. The lowest BCUT2D eigenvalue weighted by molar-refractivity contribution is -0.384. The normalized spacial score (nSPS) is 11.8. The molecule has 0 radical (unpaired) electrons. The van der Waals surface area contributed by atoms with Gasteiger partial charge in [0, 0.05) is 22.8 Å². The number of benzene rings is 2. The standard InChI is InChI=1S/C17H14ClN5O3S/c1-11(16(24)20-13-5-3-7-15(9-13)23(25)26)27-17-21-19-10-22(17)14-6-2-4-12(18)8-14/h2-11H,1H3,(H,20,24). The van der Waals surface area contributed by atoms with E-state index in [1.54, 1.807) is 36.0 Å². The summed E-state index contributed by atoms with van der Waals surface area (Å²) < 4.78 is 1.73. The fourth-order valence-corrected chi connectivity index (χ4v) is 3.29. The van der Waals surface area contributed by atoms with Gasteiger partial charge in [-0.15, -0.1) is 10.2 Å². The molecule has 1 aromatic heterocycles. The van der Waals surface area contributed by atoms with E-state index in [-0.39, 0.29) is 11.6 Å². The number of nitrogens with zero attached hydrogens (tertiary/aromatic N) is 4. The number of rotatable bonds is 6. The number of anilines is 1. The Hall–Kier alpha value is -2.91. The second kappa shape index (κ2) is 8.19. The van der Waals surface area contributed by atoms with E-state index in [0.717, 1.165) is 5.69 Å². The van der Waals surface area contributed by atoms with Gasteiger partial charge in [0.15, 0.2) is 5.16 Å². The van der Waals surface area contributed by atoms with E-state index < -0.39 is 10.2 Å². The summed E-state index contributed by atoms with van der Waals surface area (Å²) in [6.07, 6.45) is 1.54. The van der Waals surface area contributed by atoms with Gasteiger partial charge in [0.2, 0.25) is 5.91 Å². The zero-order valence-corrected chi connectivity index (χ0v) is 15.6. The molecule has 0 aliphatic rings. The van der Waals surface area contributed by atoms with Crippen LogP contribution in [0.15, 0.2) is 60.0 Å². The third-order valence-corrected chi connectivity index (χ3v) is 4.87. The molecule has 0 spiro atoms. The Balaban J connectivity index is 1.72. The summed E-state index contributed by atoms with van der Waals surface area (Å²) in [5, 5.41) is 22.1. The first kappa shape index (κ1) is 18.9. The molecule has 0 aliphatic heterocycles. The van der Waals surface area contributed by atoms with Crippen molar-refractivity contribution in [3.63, 3.8) is 0 Å². The molecule has 0 aliphatic carbocycles. The topological polar surface area (TPSA) is 103 Å². The molecule has 27 heavy (non-hydrogen) atoms. The number of halogens is 1. The molecule has 10 heteroatoms. The SMILES string of the molecule is CC(Sc1nncn1-c1cccc(Cl)c1)C(=O)Nc1cccc([N+](=O)[O-])c1. The number of hydrogen-bond acceptors (Lipinski definition) is 6. The quantitative estimate of drug-likeness (QED) is 0.379. The highest BCUT2D eigenvalue weighted by atomic mass is 35.5. The molecule has 1 N–H and O–H groups in total. The summed E-state index contributed by atoms with van der Waals surface area (Å²) in [5.41, 5.74) is 1.05. The molecular weight excluding hydrogens is 390 g/mol. The lowest BCUT2D eigenvalue weighted by atomic mass is 10.2. The van der Waals surface area contributed by atoms with Gasteiger partial charge in [0.1, 0.15) is 6.33 Å². The number of nitro benzene ring substituents is 1. The maximum atomic E-state index is 12.4. The molecule has 0 saturated heterocycles. The van der Waals surface area contributed by atoms with Crippen LogP contribution in [-0.4, -0.2) is 30.8 Å². The number of non-ortho nitro benzene ring substituents is 1. The van der Waals surface area contributed by atoms with E-state index in [9.17, 15) is 14.9 Å². The molecule has 0 fully saturated rings. The van der Waals surface area contributed by atoms with E-state index in [0.29, 0.717) is 15.9 Å². The average Bonchev–Trinajstić information content (AvgIpc) is 3.10. The van der Waals surface area contributed by atoms with Gasteiger partial charge in [-0.25, -0.2) is 0 Å². The first-order chi connectivity index (χ1) is 12.9. The van der Waals surface area contributed by atoms with Crippen LogP contribution in [0.4, 0.5) is 11.4 Å². The first-order valence-corrected chi connectivity index (χ1v) is 9.08. The van der Waals surface area contributed by atoms with Crippen molar-refractivity contribution >= 4 is 40.6 Å². The van der Waals surface area contributed by atoms with Gasteiger partial charge in [0.05, 0.1) is 15.9 Å². The highest BCUT2D eigenvalue weighted by Crippen LogP contribution is 2.26. The predicted molar refractivity (Wildman–Crippen MR) is 103 cm³/mol. The lowest BCUT2D eigenvalue weighted by Gasteiger charge is -2.12. The third kappa shape index (κ3) is 4.63. The van der Waals surface area contributed by atoms with Crippen molar-refractivity contribution in [2.75, 3.05) is 5.32 Å². The second-order valence-corrected chi connectivity index (χ2v) is 7.26. The van der Waals surface area contributed by atoms with Gasteiger partial charge < -0.3 is 5.32 Å². The fraction of sp³-hybridized carbons (Fsp3) is 0.118. The first-order valence-electron chi connectivity index (χ1n) is 7.82. The van der Waals surface area contributed by atoms with Crippen molar-refractivity contribution in [3.8, 4) is 5.69 Å². The molecule has 8 nitrogen and oxygen atoms in total. The summed E-state index contributed by atoms with van der Waals surface area (Å²) in [6, 6.07) is 13.0. The largest absolute Gasteiger partial charge is 0.325 e. The zero-order chi connectivity index (χ0) is 19.4. The van der Waals surface area contributed by atoms with Crippen LogP contribution in [-0.2, 0) is 4.79 Å². The van der Waals surface area contributed by atoms with Crippen LogP contribution in [0, 0.1) is 10.1 Å². The van der Waals surface area contributed by atoms with Gasteiger partial charge in [0.25, 0.3) is 5.69 Å². The van der Waals surface area contributed by atoms with Crippen molar-refractivity contribution in [1.29, 1.82) is 0 Å². The summed E-state index contributed by atoms with van der Waals surface area (Å²) in [5.74, 6) is -0.304. The Labute approximate surface area is 163 Å². The van der Waals surface area contributed by atoms with Crippen molar-refractivity contribution in [1.82, 2.24) is 14.8 Å². The zero-order valence-electron chi connectivity index (χ0n) is 14.1. The van der Waals surface area contributed by atoms with Crippen LogP contribution < -0.4 is 5.32 Å². The van der Waals surface area contributed by atoms with Gasteiger partial charge in [-0.1, -0.05) is 35.5 Å². The molecule has 1 amide bonds. The minimum absolute atomic E-state index is 0.0891. The summed E-state index contributed by atoms with van der Waals surface area (Å²) in [7, 11) is 0. The number of aromatic nitrogens is 3. The summed E-state index contributed by atoms with van der Waals surface area (Å²) in [4.78, 5) is 22.8. The Morgan fingerprint density at radius 1 is 1.30 bits per heavy atom. The number of thioether (sulfide) groups is 1. The van der Waals surface area contributed by atoms with Crippen molar-refractivity contribution < 1.29 is 9.72 Å². The van der Waals surface area contributed by atoms with Crippen LogP contribution in [0.3, 0.4) is 0 Å². The highest BCUT2D eigenvalue weighted by molar-refractivity contribution is 8.00. The Kier molecular flexibility index (Phi) is 5.72. The Morgan fingerprint density at radius 3 is 2.81 bits per heavy atom. The fourth-order valence-electron chi connectivity index (χ4n) is 2.26. The van der Waals surface area contributed by atoms with E-state index >= 15 is 0 Å². The van der Waals surface area contributed by atoms with E-state index in [2.05, 4.69) is 15.5 Å². The van der Waals surface area contributed by atoms with E-state index in [1.807, 2.05) is 12.1 Å². The highest BCUT2D eigenvalue weighted by Gasteiger charge is 2.19. The maximum absolute atomic E-state index is 12.4.